The molecule has 2 aromatic rings. The van der Waals surface area contributed by atoms with Gasteiger partial charge in [-0.05, 0) is 17.5 Å². The van der Waals surface area contributed by atoms with Gasteiger partial charge in [0, 0.05) is 12.7 Å². The van der Waals surface area contributed by atoms with Crippen molar-refractivity contribution in [1.82, 2.24) is 25.3 Å². The van der Waals surface area contributed by atoms with Crippen LogP contribution in [0.25, 0.3) is 5.82 Å². The van der Waals surface area contributed by atoms with Crippen LogP contribution in [0.2, 0.25) is 0 Å². The summed E-state index contributed by atoms with van der Waals surface area (Å²) in [5.41, 5.74) is -0.874. The van der Waals surface area contributed by atoms with Crippen molar-refractivity contribution < 1.29 is 18.0 Å². The number of hydrogen-bond acceptors (Lipinski definition) is 4. The Morgan fingerprint density at radius 2 is 1.96 bits per heavy atom. The topological polar surface area (TPSA) is 72.7 Å². The zero-order valence-corrected chi connectivity index (χ0v) is 12.8. The van der Waals surface area contributed by atoms with Gasteiger partial charge >= 0.3 is 6.18 Å². The molecule has 0 aliphatic heterocycles. The lowest BCUT2D eigenvalue weighted by atomic mass is 9.97. The maximum atomic E-state index is 12.5. The van der Waals surface area contributed by atoms with Crippen LogP contribution in [-0.4, -0.2) is 32.4 Å². The molecule has 2 aromatic heterocycles. The molecule has 9 heteroatoms. The van der Waals surface area contributed by atoms with Crippen LogP contribution in [0.3, 0.4) is 0 Å². The minimum Gasteiger partial charge on any atom is -0.350 e. The highest BCUT2D eigenvalue weighted by Crippen LogP contribution is 2.28. The van der Waals surface area contributed by atoms with Crippen LogP contribution in [0.5, 0.6) is 0 Å². The monoisotopic (exact) mass is 327 g/mol. The van der Waals surface area contributed by atoms with Crippen LogP contribution >= 0.6 is 0 Å². The SMILES string of the molecule is CC(C)(C)CNC(=O)c1cn(-c2ccc(C(F)(F)F)cn2)nn1. The Labute approximate surface area is 130 Å². The van der Waals surface area contributed by atoms with Crippen molar-refractivity contribution in [2.45, 2.75) is 26.9 Å². The van der Waals surface area contributed by atoms with Crippen LogP contribution < -0.4 is 5.32 Å². The standard InChI is InChI=1S/C14H16F3N5O/c1-13(2,3)8-19-12(23)10-7-22(21-20-10)11-5-4-9(6-18-11)14(15,16)17/h4-7H,8H2,1-3H3,(H,19,23). The van der Waals surface area contributed by atoms with Crippen molar-refractivity contribution in [2.24, 2.45) is 5.41 Å². The number of pyridine rings is 1. The van der Waals surface area contributed by atoms with E-state index in [2.05, 4.69) is 20.6 Å². The van der Waals surface area contributed by atoms with Crippen LogP contribution in [0.1, 0.15) is 36.8 Å². The summed E-state index contributed by atoms with van der Waals surface area (Å²) >= 11 is 0. The number of hydrogen-bond donors (Lipinski definition) is 1. The number of aromatic nitrogens is 4. The molecule has 23 heavy (non-hydrogen) atoms. The van der Waals surface area contributed by atoms with Gasteiger partial charge in [-0.1, -0.05) is 26.0 Å². The average molecular weight is 327 g/mol. The first-order valence-corrected chi connectivity index (χ1v) is 6.80. The van der Waals surface area contributed by atoms with Crippen LogP contribution in [-0.2, 0) is 6.18 Å². The fraction of sp³-hybridized carbons (Fsp3) is 0.429. The van der Waals surface area contributed by atoms with Crippen molar-refractivity contribution in [3.05, 3.63) is 35.8 Å². The normalized spacial score (nSPS) is 12.3. The molecule has 124 valence electrons. The Kier molecular flexibility index (Phi) is 4.39. The van der Waals surface area contributed by atoms with Gasteiger partial charge in [-0.3, -0.25) is 4.79 Å². The molecule has 0 saturated heterocycles. The van der Waals surface area contributed by atoms with Crippen molar-refractivity contribution in [1.29, 1.82) is 0 Å². The average Bonchev–Trinajstić information content (AvgIpc) is 2.93. The van der Waals surface area contributed by atoms with E-state index in [9.17, 15) is 18.0 Å². The van der Waals surface area contributed by atoms with E-state index in [0.29, 0.717) is 12.7 Å². The highest BCUT2D eigenvalue weighted by molar-refractivity contribution is 5.91. The maximum Gasteiger partial charge on any atom is 0.417 e. The summed E-state index contributed by atoms with van der Waals surface area (Å²) in [5.74, 6) is -0.265. The minimum absolute atomic E-state index is 0.0657. The second kappa shape index (κ2) is 5.98. The van der Waals surface area contributed by atoms with Gasteiger partial charge in [-0.25, -0.2) is 9.67 Å². The number of halogens is 3. The van der Waals surface area contributed by atoms with E-state index in [1.165, 1.54) is 6.20 Å². The van der Waals surface area contributed by atoms with E-state index in [4.69, 9.17) is 0 Å². The molecule has 0 fully saturated rings. The molecule has 6 nitrogen and oxygen atoms in total. The van der Waals surface area contributed by atoms with E-state index in [1.54, 1.807) is 0 Å². The van der Waals surface area contributed by atoms with E-state index in [-0.39, 0.29) is 16.9 Å². The van der Waals surface area contributed by atoms with Gasteiger partial charge in [0.15, 0.2) is 11.5 Å². The van der Waals surface area contributed by atoms with Gasteiger partial charge in [-0.2, -0.15) is 13.2 Å². The van der Waals surface area contributed by atoms with E-state index in [0.717, 1.165) is 16.8 Å². The number of amides is 1. The summed E-state index contributed by atoms with van der Waals surface area (Å²) in [6, 6.07) is 2.05. The predicted octanol–water partition coefficient (Wildman–Crippen LogP) is 2.46. The Bertz CT molecular complexity index is 686. The molecule has 0 spiro atoms. The third kappa shape index (κ3) is 4.51. The van der Waals surface area contributed by atoms with Gasteiger partial charge in [0.2, 0.25) is 0 Å². The largest absolute Gasteiger partial charge is 0.417 e. The van der Waals surface area contributed by atoms with Crippen molar-refractivity contribution >= 4 is 5.91 Å². The molecule has 0 saturated carbocycles. The molecule has 0 aliphatic carbocycles. The summed E-state index contributed by atoms with van der Waals surface area (Å²) in [7, 11) is 0. The second-order valence-electron chi connectivity index (χ2n) is 6.19. The van der Waals surface area contributed by atoms with Gasteiger partial charge in [0.25, 0.3) is 5.91 Å². The lowest BCUT2D eigenvalue weighted by Gasteiger charge is -2.17. The number of nitrogens with zero attached hydrogens (tertiary/aromatic N) is 4. The highest BCUT2D eigenvalue weighted by Gasteiger charge is 2.30. The molecule has 0 unspecified atom stereocenters. The lowest BCUT2D eigenvalue weighted by molar-refractivity contribution is -0.137. The molecule has 1 amide bonds. The Morgan fingerprint density at radius 1 is 1.26 bits per heavy atom. The summed E-state index contributed by atoms with van der Waals surface area (Å²) < 4.78 is 38.6. The molecule has 0 bridgehead atoms. The van der Waals surface area contributed by atoms with Gasteiger partial charge in [0.05, 0.1) is 11.8 Å². The fourth-order valence-corrected chi connectivity index (χ4v) is 1.61. The summed E-state index contributed by atoms with van der Waals surface area (Å²) in [6.45, 7) is 6.36. The minimum atomic E-state index is -4.45. The Hall–Kier alpha value is -2.45. The summed E-state index contributed by atoms with van der Waals surface area (Å²) in [6.07, 6.45) is -2.43. The Morgan fingerprint density at radius 3 is 2.48 bits per heavy atom. The molecule has 2 rings (SSSR count). The second-order valence-corrected chi connectivity index (χ2v) is 6.19. The van der Waals surface area contributed by atoms with Crippen molar-refractivity contribution in [3.8, 4) is 5.82 Å². The molecule has 0 aliphatic rings. The first-order chi connectivity index (χ1) is 10.6. The number of carbonyl (C=O) groups excluding carboxylic acids is 1. The van der Waals surface area contributed by atoms with E-state index < -0.39 is 17.6 Å². The Balaban J connectivity index is 2.11. The summed E-state index contributed by atoms with van der Waals surface area (Å²) in [4.78, 5) is 15.6. The zero-order valence-electron chi connectivity index (χ0n) is 12.8. The molecule has 0 radical (unpaired) electrons. The maximum absolute atomic E-state index is 12.5. The molecule has 1 N–H and O–H groups in total. The lowest BCUT2D eigenvalue weighted by Crippen LogP contribution is -2.32. The van der Waals surface area contributed by atoms with Crippen LogP contribution in [0, 0.1) is 5.41 Å². The zero-order chi connectivity index (χ0) is 17.3. The van der Waals surface area contributed by atoms with Gasteiger partial charge in [0.1, 0.15) is 0 Å². The van der Waals surface area contributed by atoms with Crippen LogP contribution in [0.4, 0.5) is 13.2 Å². The number of alkyl halides is 3. The fourth-order valence-electron chi connectivity index (χ4n) is 1.61. The molecule has 2 heterocycles. The molecular formula is C14H16F3N5O. The smallest absolute Gasteiger partial charge is 0.350 e. The van der Waals surface area contributed by atoms with Gasteiger partial charge in [-0.15, -0.1) is 5.10 Å². The molecule has 0 atom stereocenters. The van der Waals surface area contributed by atoms with Crippen molar-refractivity contribution in [2.75, 3.05) is 6.54 Å². The van der Waals surface area contributed by atoms with Gasteiger partial charge < -0.3 is 5.32 Å². The van der Waals surface area contributed by atoms with Crippen molar-refractivity contribution in [3.63, 3.8) is 0 Å². The van der Waals surface area contributed by atoms with Crippen LogP contribution in [0.15, 0.2) is 24.5 Å². The molecular weight excluding hydrogens is 311 g/mol. The summed E-state index contributed by atoms with van der Waals surface area (Å²) in [5, 5.41) is 10.1. The van der Waals surface area contributed by atoms with E-state index >= 15 is 0 Å². The van der Waals surface area contributed by atoms with E-state index in [1.807, 2.05) is 20.8 Å². The number of nitrogens with one attached hydrogen (secondary N) is 1. The number of rotatable bonds is 3. The predicted molar refractivity (Wildman–Crippen MR) is 75.9 cm³/mol. The third-order valence-electron chi connectivity index (χ3n) is 2.82. The molecule has 0 aromatic carbocycles. The number of carbonyl (C=O) groups is 1. The first kappa shape index (κ1) is 16.9. The first-order valence-electron chi connectivity index (χ1n) is 6.80. The highest BCUT2D eigenvalue weighted by atomic mass is 19.4. The third-order valence-corrected chi connectivity index (χ3v) is 2.82. The quantitative estimate of drug-likeness (QED) is 0.940.